The molecule has 0 aromatic heterocycles. The summed E-state index contributed by atoms with van der Waals surface area (Å²) in [5.74, 6) is -2.83. The van der Waals surface area contributed by atoms with Crippen molar-refractivity contribution in [1.29, 1.82) is 0 Å². The van der Waals surface area contributed by atoms with E-state index in [4.69, 9.17) is 28.4 Å². The Kier molecular flexibility index (Phi) is 8.07. The van der Waals surface area contributed by atoms with Gasteiger partial charge in [0, 0.05) is 52.9 Å². The van der Waals surface area contributed by atoms with E-state index in [1.165, 1.54) is 21.3 Å². The zero-order valence-electron chi connectivity index (χ0n) is 14.2. The predicted octanol–water partition coefficient (Wildman–Crippen LogP) is -1.16. The van der Waals surface area contributed by atoms with Crippen LogP contribution in [0.15, 0.2) is 0 Å². The highest BCUT2D eigenvalue weighted by Crippen LogP contribution is 2.46. The van der Waals surface area contributed by atoms with Crippen molar-refractivity contribution in [2.24, 2.45) is 0 Å². The Balaban J connectivity index is 6.16. The van der Waals surface area contributed by atoms with Gasteiger partial charge in [-0.1, -0.05) is 13.3 Å². The molecule has 0 heterocycles. The lowest BCUT2D eigenvalue weighted by Gasteiger charge is -2.54. The van der Waals surface area contributed by atoms with Crippen molar-refractivity contribution in [3.63, 3.8) is 0 Å². The Morgan fingerprint density at radius 1 is 0.800 bits per heavy atom. The third kappa shape index (κ3) is 2.75. The second-order valence-electron chi connectivity index (χ2n) is 4.81. The molecule has 0 radical (unpaired) electrons. The summed E-state index contributed by atoms with van der Waals surface area (Å²) >= 11 is 0. The summed E-state index contributed by atoms with van der Waals surface area (Å²) in [6.07, 6.45) is 0.950. The maximum Gasteiger partial charge on any atom is 0.342 e. The van der Waals surface area contributed by atoms with Gasteiger partial charge in [-0.25, -0.2) is 0 Å². The van der Waals surface area contributed by atoms with Crippen molar-refractivity contribution >= 4 is 20.5 Å². The molecule has 0 aromatic rings. The molecule has 0 saturated carbocycles. The molecule has 122 valence electrons. The third-order valence-electron chi connectivity index (χ3n) is 4.41. The van der Waals surface area contributed by atoms with E-state index in [0.717, 1.165) is 16.7 Å². The van der Waals surface area contributed by atoms with Gasteiger partial charge < -0.3 is 28.4 Å². The van der Waals surface area contributed by atoms with Crippen LogP contribution >= 0.6 is 0 Å². The van der Waals surface area contributed by atoms with E-state index in [1.54, 1.807) is 21.3 Å². The van der Waals surface area contributed by atoms with Crippen LogP contribution in [-0.2, 0) is 28.4 Å². The van der Waals surface area contributed by atoms with E-state index in [2.05, 4.69) is 6.92 Å². The fourth-order valence-electron chi connectivity index (χ4n) is 2.75. The minimum atomic E-state index is -1.51. The minimum absolute atomic E-state index is 0.291. The standard InChI is InChI=1S/C12H30O6Si2/c1-8-9(19)10(20,13-2)11(14-3,15-4)12(16-5,17-6)18-7/h9H,8H2,1-7,19-20H3. The van der Waals surface area contributed by atoms with Crippen molar-refractivity contribution in [3.05, 3.63) is 0 Å². The molecular formula is C12H30O6Si2. The topological polar surface area (TPSA) is 55.4 Å². The van der Waals surface area contributed by atoms with Crippen molar-refractivity contribution in [1.82, 2.24) is 0 Å². The van der Waals surface area contributed by atoms with E-state index < -0.39 is 17.0 Å². The Morgan fingerprint density at radius 3 is 1.40 bits per heavy atom. The van der Waals surface area contributed by atoms with Gasteiger partial charge in [0.2, 0.25) is 0 Å². The zero-order valence-corrected chi connectivity index (χ0v) is 18.2. The highest BCUT2D eigenvalue weighted by atomic mass is 28.2. The van der Waals surface area contributed by atoms with Crippen LogP contribution in [0.25, 0.3) is 0 Å². The van der Waals surface area contributed by atoms with Crippen molar-refractivity contribution in [3.8, 4) is 0 Å². The zero-order chi connectivity index (χ0) is 16.0. The van der Waals surface area contributed by atoms with Crippen LogP contribution in [0.2, 0.25) is 5.54 Å². The first kappa shape index (κ1) is 20.2. The lowest BCUT2D eigenvalue weighted by atomic mass is 9.99. The molecule has 0 rings (SSSR count). The summed E-state index contributed by atoms with van der Waals surface area (Å²) in [6, 6.07) is 0. The molecular weight excluding hydrogens is 296 g/mol. The first-order valence-corrected chi connectivity index (χ1v) is 8.81. The fourth-order valence-corrected chi connectivity index (χ4v) is 4.48. The number of rotatable bonds is 10. The summed E-state index contributed by atoms with van der Waals surface area (Å²) in [5.41, 5.74) is 0.291. The average molecular weight is 327 g/mol. The Labute approximate surface area is 128 Å². The van der Waals surface area contributed by atoms with Gasteiger partial charge in [-0.15, -0.1) is 0 Å². The number of ether oxygens (including phenoxy) is 6. The van der Waals surface area contributed by atoms with Crippen LogP contribution in [0.3, 0.4) is 0 Å². The fraction of sp³-hybridized carbons (Fsp3) is 1.00. The van der Waals surface area contributed by atoms with Crippen LogP contribution < -0.4 is 0 Å². The molecule has 0 aromatic carbocycles. The molecule has 0 aliphatic rings. The van der Waals surface area contributed by atoms with Crippen molar-refractivity contribution in [2.45, 2.75) is 35.9 Å². The van der Waals surface area contributed by atoms with E-state index >= 15 is 0 Å². The lowest BCUT2D eigenvalue weighted by molar-refractivity contribution is -0.497. The van der Waals surface area contributed by atoms with Gasteiger partial charge in [0.05, 0.1) is 10.2 Å². The Morgan fingerprint density at radius 2 is 1.20 bits per heavy atom. The lowest BCUT2D eigenvalue weighted by Crippen LogP contribution is -2.74. The number of hydrogen-bond donors (Lipinski definition) is 0. The number of methoxy groups -OCH3 is 6. The van der Waals surface area contributed by atoms with Crippen LogP contribution in [0.5, 0.6) is 0 Å². The molecule has 0 bridgehead atoms. The predicted molar refractivity (Wildman–Crippen MR) is 84.2 cm³/mol. The quantitative estimate of drug-likeness (QED) is 0.373. The molecule has 0 aliphatic carbocycles. The highest BCUT2D eigenvalue weighted by molar-refractivity contribution is 6.24. The molecule has 2 unspecified atom stereocenters. The van der Waals surface area contributed by atoms with E-state index in [9.17, 15) is 0 Å². The Bertz CT molecular complexity index is 275. The summed E-state index contributed by atoms with van der Waals surface area (Å²) < 4.78 is 33.8. The Hall–Kier alpha value is 0.194. The molecule has 0 amide bonds. The minimum Gasteiger partial charge on any atom is -0.377 e. The van der Waals surface area contributed by atoms with Crippen LogP contribution in [0.1, 0.15) is 13.3 Å². The molecule has 6 nitrogen and oxygen atoms in total. The average Bonchev–Trinajstić information content (AvgIpc) is 2.51. The molecule has 0 spiro atoms. The SMILES string of the molecule is CCC([SiH3])C([SiH3])(OC)C(OC)(OC)C(OC)(OC)OC. The molecule has 20 heavy (non-hydrogen) atoms. The molecule has 0 N–H and O–H groups in total. The van der Waals surface area contributed by atoms with Gasteiger partial charge in [0.15, 0.2) is 0 Å². The van der Waals surface area contributed by atoms with Gasteiger partial charge in [-0.3, -0.25) is 0 Å². The first-order valence-electron chi connectivity index (χ1n) is 6.66. The summed E-state index contributed by atoms with van der Waals surface area (Å²) in [4.78, 5) is 0. The highest BCUT2D eigenvalue weighted by Gasteiger charge is 2.68. The van der Waals surface area contributed by atoms with E-state index in [1.807, 2.05) is 0 Å². The van der Waals surface area contributed by atoms with Crippen molar-refractivity contribution < 1.29 is 28.4 Å². The normalized spacial score (nSPS) is 18.1. The number of hydrogen-bond acceptors (Lipinski definition) is 6. The van der Waals surface area contributed by atoms with E-state index in [0.29, 0.717) is 15.8 Å². The van der Waals surface area contributed by atoms with Gasteiger partial charge in [-0.05, 0) is 5.54 Å². The maximum absolute atomic E-state index is 5.86. The summed E-state index contributed by atoms with van der Waals surface area (Å²) in [6.45, 7) is 2.12. The second-order valence-corrected chi connectivity index (χ2v) is 7.69. The van der Waals surface area contributed by atoms with Gasteiger partial charge in [0.1, 0.15) is 5.22 Å². The molecule has 0 aliphatic heterocycles. The smallest absolute Gasteiger partial charge is 0.342 e. The van der Waals surface area contributed by atoms with Gasteiger partial charge >= 0.3 is 5.97 Å². The van der Waals surface area contributed by atoms with E-state index in [-0.39, 0.29) is 0 Å². The molecule has 0 fully saturated rings. The van der Waals surface area contributed by atoms with Crippen molar-refractivity contribution in [2.75, 3.05) is 42.7 Å². The van der Waals surface area contributed by atoms with Gasteiger partial charge in [0.25, 0.3) is 5.79 Å². The largest absolute Gasteiger partial charge is 0.377 e. The van der Waals surface area contributed by atoms with Crippen LogP contribution in [-0.4, -0.2) is 80.1 Å². The molecule has 8 heteroatoms. The first-order chi connectivity index (χ1) is 9.35. The second kappa shape index (κ2) is 7.99. The van der Waals surface area contributed by atoms with Crippen LogP contribution in [0.4, 0.5) is 0 Å². The molecule has 2 atom stereocenters. The third-order valence-corrected chi connectivity index (χ3v) is 9.54. The molecule has 0 saturated heterocycles. The monoisotopic (exact) mass is 326 g/mol. The van der Waals surface area contributed by atoms with Gasteiger partial charge in [-0.2, -0.15) is 0 Å². The summed E-state index contributed by atoms with van der Waals surface area (Å²) in [7, 11) is 10.8. The van der Waals surface area contributed by atoms with Crippen LogP contribution in [0, 0.1) is 0 Å². The maximum atomic E-state index is 5.86. The summed E-state index contributed by atoms with van der Waals surface area (Å²) in [5, 5.41) is -0.667.